The number of ether oxygens (including phenoxy) is 1. The first-order valence-electron chi connectivity index (χ1n) is 5.12. The molecular weight excluding hydrogens is 166 g/mol. The second-order valence-electron chi connectivity index (χ2n) is 3.59. The van der Waals surface area contributed by atoms with E-state index in [0.29, 0.717) is 5.91 Å². The molecule has 13 heavy (non-hydrogen) atoms. The zero-order valence-electron chi connectivity index (χ0n) is 8.42. The van der Waals surface area contributed by atoms with E-state index in [2.05, 4.69) is 0 Å². The summed E-state index contributed by atoms with van der Waals surface area (Å²) in [5, 5.41) is 0. The molecule has 0 aliphatic carbocycles. The lowest BCUT2D eigenvalue weighted by Crippen LogP contribution is -2.17. The summed E-state index contributed by atoms with van der Waals surface area (Å²) in [6.45, 7) is 2.96. The Kier molecular flexibility index (Phi) is 4.83. The van der Waals surface area contributed by atoms with Crippen LogP contribution in [0.1, 0.15) is 32.1 Å². The molecule has 76 valence electrons. The highest BCUT2D eigenvalue weighted by molar-refractivity contribution is 5.77. The van der Waals surface area contributed by atoms with E-state index in [4.69, 9.17) is 4.74 Å². The van der Waals surface area contributed by atoms with Crippen molar-refractivity contribution in [2.24, 2.45) is 0 Å². The lowest BCUT2D eigenvalue weighted by molar-refractivity contribution is -0.126. The van der Waals surface area contributed by atoms with Crippen molar-refractivity contribution in [3.63, 3.8) is 0 Å². The minimum atomic E-state index is 0.292. The van der Waals surface area contributed by atoms with E-state index >= 15 is 0 Å². The summed E-state index contributed by atoms with van der Waals surface area (Å²) in [5.74, 6) is 0.292. The Balaban J connectivity index is 0.000000132. The largest absolute Gasteiger partial charge is 0.381 e. The van der Waals surface area contributed by atoms with Crippen LogP contribution >= 0.6 is 0 Å². The summed E-state index contributed by atoms with van der Waals surface area (Å²) >= 11 is 0. The molecule has 0 atom stereocenters. The van der Waals surface area contributed by atoms with Gasteiger partial charge in [-0.25, -0.2) is 0 Å². The van der Waals surface area contributed by atoms with Gasteiger partial charge in [0.25, 0.3) is 0 Å². The number of hydrogen-bond donors (Lipinski definition) is 0. The molecule has 2 heterocycles. The van der Waals surface area contributed by atoms with E-state index in [0.717, 1.165) is 32.6 Å². The molecule has 0 spiro atoms. The highest BCUT2D eigenvalue weighted by Gasteiger charge is 2.14. The molecule has 2 aliphatic heterocycles. The Morgan fingerprint density at radius 1 is 1.15 bits per heavy atom. The number of nitrogens with zero attached hydrogens (tertiary/aromatic N) is 1. The Hall–Kier alpha value is -0.570. The number of carbonyl (C=O) groups excluding carboxylic acids is 1. The fourth-order valence-electron chi connectivity index (χ4n) is 1.47. The second-order valence-corrected chi connectivity index (χ2v) is 3.59. The number of rotatable bonds is 0. The van der Waals surface area contributed by atoms with Gasteiger partial charge in [0.2, 0.25) is 5.91 Å². The normalized spacial score (nSPS) is 22.5. The fraction of sp³-hybridized carbons (Fsp3) is 0.900. The minimum Gasteiger partial charge on any atom is -0.381 e. The van der Waals surface area contributed by atoms with Gasteiger partial charge < -0.3 is 9.64 Å². The molecule has 0 aromatic rings. The van der Waals surface area contributed by atoms with Crippen LogP contribution in [0.4, 0.5) is 0 Å². The first-order chi connectivity index (χ1) is 6.30. The van der Waals surface area contributed by atoms with Crippen molar-refractivity contribution in [1.29, 1.82) is 0 Å². The summed E-state index contributed by atoms with van der Waals surface area (Å²) in [4.78, 5) is 12.3. The van der Waals surface area contributed by atoms with Gasteiger partial charge in [-0.15, -0.1) is 0 Å². The van der Waals surface area contributed by atoms with Crippen LogP contribution in [-0.2, 0) is 9.53 Å². The highest BCUT2D eigenvalue weighted by atomic mass is 16.5. The molecule has 0 aromatic heterocycles. The van der Waals surface area contributed by atoms with Gasteiger partial charge in [-0.2, -0.15) is 0 Å². The van der Waals surface area contributed by atoms with Gasteiger partial charge in [0.15, 0.2) is 0 Å². The molecule has 3 heteroatoms. The number of carbonyl (C=O) groups is 1. The maximum absolute atomic E-state index is 10.5. The summed E-state index contributed by atoms with van der Waals surface area (Å²) < 4.78 is 5.07. The van der Waals surface area contributed by atoms with Crippen LogP contribution in [0.5, 0.6) is 0 Å². The van der Waals surface area contributed by atoms with Gasteiger partial charge in [0.05, 0.1) is 0 Å². The van der Waals surface area contributed by atoms with Crippen LogP contribution in [0.2, 0.25) is 0 Å². The first kappa shape index (κ1) is 10.5. The molecular formula is C10H19NO2. The van der Waals surface area contributed by atoms with Gasteiger partial charge in [-0.05, 0) is 25.7 Å². The summed E-state index contributed by atoms with van der Waals surface area (Å²) in [6.07, 6.45) is 5.74. The molecule has 0 bridgehead atoms. The number of amides is 1. The standard InChI is InChI=1S/C5H9NO.C5H10O/c1-6-4-2-3-5(6)7;1-2-4-6-5-3-1/h2-4H2,1H3;1-5H2. The molecule has 2 aliphatic rings. The van der Waals surface area contributed by atoms with Crippen LogP contribution in [-0.4, -0.2) is 37.6 Å². The zero-order chi connectivity index (χ0) is 9.52. The smallest absolute Gasteiger partial charge is 0.222 e. The first-order valence-corrected chi connectivity index (χ1v) is 5.12. The van der Waals surface area contributed by atoms with Crippen LogP contribution in [0.25, 0.3) is 0 Å². The molecule has 1 amide bonds. The third-order valence-electron chi connectivity index (χ3n) is 2.39. The average molecular weight is 185 g/mol. The van der Waals surface area contributed by atoms with E-state index in [1.165, 1.54) is 19.3 Å². The second kappa shape index (κ2) is 5.97. The average Bonchev–Trinajstić information content (AvgIpc) is 2.55. The molecule has 3 nitrogen and oxygen atoms in total. The topological polar surface area (TPSA) is 29.5 Å². The highest BCUT2D eigenvalue weighted by Crippen LogP contribution is 2.04. The Labute approximate surface area is 80.1 Å². The van der Waals surface area contributed by atoms with Crippen molar-refractivity contribution >= 4 is 5.91 Å². The summed E-state index contributed by atoms with van der Waals surface area (Å²) in [7, 11) is 1.84. The van der Waals surface area contributed by atoms with Gasteiger partial charge >= 0.3 is 0 Å². The van der Waals surface area contributed by atoms with Crippen molar-refractivity contribution in [2.45, 2.75) is 32.1 Å². The SMILES string of the molecule is C1CCOCC1.CN1CCCC1=O. The van der Waals surface area contributed by atoms with E-state index in [-0.39, 0.29) is 0 Å². The zero-order valence-corrected chi connectivity index (χ0v) is 8.42. The molecule has 0 unspecified atom stereocenters. The third kappa shape index (κ3) is 4.27. The fourth-order valence-corrected chi connectivity index (χ4v) is 1.47. The molecule has 0 aromatic carbocycles. The van der Waals surface area contributed by atoms with Crippen LogP contribution in [0, 0.1) is 0 Å². The van der Waals surface area contributed by atoms with Gasteiger partial charge in [-0.3, -0.25) is 4.79 Å². The lowest BCUT2D eigenvalue weighted by atomic mass is 10.2. The van der Waals surface area contributed by atoms with E-state index in [9.17, 15) is 4.79 Å². The van der Waals surface area contributed by atoms with E-state index < -0.39 is 0 Å². The van der Waals surface area contributed by atoms with Gasteiger partial charge in [-0.1, -0.05) is 0 Å². The van der Waals surface area contributed by atoms with E-state index in [1.807, 2.05) is 7.05 Å². The molecule has 0 radical (unpaired) electrons. The van der Waals surface area contributed by atoms with Crippen LogP contribution < -0.4 is 0 Å². The molecule has 0 saturated carbocycles. The maximum Gasteiger partial charge on any atom is 0.222 e. The number of likely N-dealkylation sites (tertiary alicyclic amines) is 1. The molecule has 0 N–H and O–H groups in total. The third-order valence-corrected chi connectivity index (χ3v) is 2.39. The summed E-state index contributed by atoms with van der Waals surface area (Å²) in [6, 6.07) is 0. The van der Waals surface area contributed by atoms with Gasteiger partial charge in [0, 0.05) is 33.2 Å². The minimum absolute atomic E-state index is 0.292. The monoisotopic (exact) mass is 185 g/mol. The van der Waals surface area contributed by atoms with E-state index in [1.54, 1.807) is 4.90 Å². The van der Waals surface area contributed by atoms with Crippen LogP contribution in [0.15, 0.2) is 0 Å². The Morgan fingerprint density at radius 2 is 1.85 bits per heavy atom. The van der Waals surface area contributed by atoms with Gasteiger partial charge in [0.1, 0.15) is 0 Å². The summed E-state index contributed by atoms with van der Waals surface area (Å²) in [5.41, 5.74) is 0. The predicted octanol–water partition coefficient (Wildman–Crippen LogP) is 1.43. The molecule has 2 saturated heterocycles. The quantitative estimate of drug-likeness (QED) is 0.571. The van der Waals surface area contributed by atoms with Crippen molar-refractivity contribution in [3.05, 3.63) is 0 Å². The Morgan fingerprint density at radius 3 is 2.00 bits per heavy atom. The maximum atomic E-state index is 10.5. The lowest BCUT2D eigenvalue weighted by Gasteiger charge is -2.08. The molecule has 2 fully saturated rings. The number of hydrogen-bond acceptors (Lipinski definition) is 2. The van der Waals surface area contributed by atoms with Crippen molar-refractivity contribution in [1.82, 2.24) is 4.90 Å². The van der Waals surface area contributed by atoms with Crippen molar-refractivity contribution in [2.75, 3.05) is 26.8 Å². The van der Waals surface area contributed by atoms with Crippen molar-refractivity contribution in [3.8, 4) is 0 Å². The van der Waals surface area contributed by atoms with Crippen LogP contribution in [0.3, 0.4) is 0 Å². The molecule has 2 rings (SSSR count). The Bertz CT molecular complexity index is 143. The van der Waals surface area contributed by atoms with Crippen molar-refractivity contribution < 1.29 is 9.53 Å². The predicted molar refractivity (Wildman–Crippen MR) is 51.5 cm³/mol.